The van der Waals surface area contributed by atoms with Crippen molar-refractivity contribution in [1.82, 2.24) is 79.0 Å². The van der Waals surface area contributed by atoms with E-state index in [9.17, 15) is 28.8 Å². The lowest BCUT2D eigenvalue weighted by Crippen LogP contribution is -2.45. The average molecular weight is 1440 g/mol. The Labute approximate surface area is 529 Å². The smallest absolute Gasteiger partial charge is 0.386 e. The van der Waals surface area contributed by atoms with Gasteiger partial charge in [-0.1, -0.05) is 22.7 Å². The van der Waals surface area contributed by atoms with E-state index in [0.717, 1.165) is 9.36 Å². The Hall–Kier alpha value is -5.29. The second kappa shape index (κ2) is 22.7. The molecular weight excluding hydrogens is 1390 g/mol. The normalized spacial score (nSPS) is 39.7. The van der Waals surface area contributed by atoms with Gasteiger partial charge in [-0.2, -0.15) is 19.3 Å². The summed E-state index contributed by atoms with van der Waals surface area (Å²) in [4.78, 5) is 88.0. The van der Waals surface area contributed by atoms with Crippen LogP contribution < -0.4 is 34.1 Å². The van der Waals surface area contributed by atoms with Gasteiger partial charge in [0.2, 0.25) is 11.9 Å². The third kappa shape index (κ3) is 10.8. The number of nitrogen functional groups attached to an aromatic ring is 4. The highest BCUT2D eigenvalue weighted by Gasteiger charge is 2.67. The first kappa shape index (κ1) is 62.8. The first-order chi connectivity index (χ1) is 43.7. The summed E-state index contributed by atoms with van der Waals surface area (Å²) in [5.74, 6) is -0.548. The van der Waals surface area contributed by atoms with Crippen molar-refractivity contribution in [3.05, 3.63) is 57.9 Å². The van der Waals surface area contributed by atoms with Crippen molar-refractivity contribution in [2.45, 2.75) is 97.3 Å². The van der Waals surface area contributed by atoms with Gasteiger partial charge in [0.25, 0.3) is 11.1 Å². The Morgan fingerprint density at radius 3 is 1.48 bits per heavy atom. The topological polar surface area (TPSA) is 525 Å². The zero-order chi connectivity index (χ0) is 64.3. The maximum absolute atomic E-state index is 16.0. The van der Waals surface area contributed by atoms with Crippen molar-refractivity contribution < 1.29 is 92.6 Å². The van der Waals surface area contributed by atoms with Gasteiger partial charge >= 0.3 is 27.0 Å². The summed E-state index contributed by atoms with van der Waals surface area (Å²) in [7, 11) is 0. The summed E-state index contributed by atoms with van der Waals surface area (Å²) in [5, 5.41) is 15.3. The molecule has 0 amide bonds. The number of nitrogens with zero attached hydrogens (tertiary/aromatic N) is 14. The van der Waals surface area contributed by atoms with Crippen molar-refractivity contribution in [3.8, 4) is 0 Å². The lowest BCUT2D eigenvalue weighted by atomic mass is 10.0. The number of hydrogen-bond donors (Lipinski definition) is 10. The molecule has 16 heterocycles. The number of nitrogens with two attached hydrogens (primary N) is 4. The number of halogens is 2. The minimum Gasteiger partial charge on any atom is -0.397 e. The molecule has 92 heavy (non-hydrogen) atoms. The van der Waals surface area contributed by atoms with E-state index in [1.807, 2.05) is 0 Å². The zero-order valence-electron chi connectivity index (χ0n) is 45.9. The van der Waals surface area contributed by atoms with Gasteiger partial charge in [-0.25, -0.2) is 33.3 Å². The van der Waals surface area contributed by atoms with E-state index in [4.69, 9.17) is 123 Å². The molecule has 13 N–H and O–H groups in total. The van der Waals surface area contributed by atoms with Crippen LogP contribution in [-0.2, 0) is 105 Å². The Morgan fingerprint density at radius 1 is 0.576 bits per heavy atom. The molecule has 20 atom stereocenters. The zero-order valence-corrected chi connectivity index (χ0v) is 52.8. The van der Waals surface area contributed by atoms with Crippen LogP contribution in [0.15, 0.2) is 46.8 Å². The first-order valence-corrected chi connectivity index (χ1v) is 37.3. The summed E-state index contributed by atoms with van der Waals surface area (Å²) >= 11 is 20.0. The molecule has 8 bridgehead atoms. The maximum Gasteiger partial charge on any atom is 0.386 e. The van der Waals surface area contributed by atoms with E-state index in [1.54, 1.807) is 21.3 Å². The van der Waals surface area contributed by atoms with E-state index in [2.05, 4.69) is 72.7 Å². The maximum atomic E-state index is 16.0. The van der Waals surface area contributed by atoms with Crippen LogP contribution in [0, 0.1) is 0 Å². The third-order valence-electron chi connectivity index (χ3n) is 15.9. The summed E-state index contributed by atoms with van der Waals surface area (Å²) in [6.45, 7) is -19.7. The predicted octanol–water partition coefficient (Wildman–Crippen LogP) is -0.626. The lowest BCUT2D eigenvalue weighted by molar-refractivity contribution is -0.183. The highest BCUT2D eigenvalue weighted by atomic mass is 32.7. The van der Waals surface area contributed by atoms with Crippen molar-refractivity contribution >= 4 is 143 Å². The molecule has 40 nitrogen and oxygen atoms in total. The van der Waals surface area contributed by atoms with Gasteiger partial charge in [0.1, 0.15) is 71.1 Å². The van der Waals surface area contributed by atoms with Gasteiger partial charge < -0.3 is 79.6 Å². The predicted molar refractivity (Wildman–Crippen MR) is 317 cm³/mol. The number of fused-ring (bicyclic) bond motifs is 8. The Balaban J connectivity index is 0.000000153. The molecule has 0 aliphatic carbocycles. The number of H-pyrrole nitrogens is 2. The second-order valence-electron chi connectivity index (χ2n) is 21.7. The van der Waals surface area contributed by atoms with Gasteiger partial charge in [-0.3, -0.25) is 51.3 Å². The summed E-state index contributed by atoms with van der Waals surface area (Å²) in [6, 6.07) is 3.18. The highest BCUT2D eigenvalue weighted by Crippen LogP contribution is 2.63. The monoisotopic (exact) mass is 1440 g/mol. The van der Waals surface area contributed by atoms with E-state index >= 15 is 8.78 Å². The van der Waals surface area contributed by atoms with Crippen LogP contribution in [0.5, 0.6) is 0 Å². The number of imidazole rings is 2. The summed E-state index contributed by atoms with van der Waals surface area (Å²) < 4.78 is 133. The third-order valence-corrected chi connectivity index (χ3v) is 22.2. The molecule has 0 aromatic carbocycles. The number of aromatic nitrogens is 16. The van der Waals surface area contributed by atoms with Gasteiger partial charge in [0.15, 0.2) is 70.9 Å². The number of nitrogens with one attached hydrogen (secondary N) is 2. The van der Waals surface area contributed by atoms with E-state index in [-0.39, 0.29) is 47.4 Å². The molecule has 8 fully saturated rings. The first-order valence-electron chi connectivity index (χ1n) is 26.9. The van der Waals surface area contributed by atoms with Gasteiger partial charge in [-0.15, -0.1) is 10.2 Å². The molecule has 492 valence electrons. The van der Waals surface area contributed by atoms with Crippen LogP contribution in [0.2, 0.25) is 0 Å². The highest BCUT2D eigenvalue weighted by molar-refractivity contribution is 8.44. The average Bonchev–Trinajstić information content (AvgIpc) is 1.57. The molecule has 16 rings (SSSR count). The minimum atomic E-state index is -4.46. The number of pyridine rings is 2. The molecule has 8 aromatic rings. The molecular formula is C42H46F2N20O20P4S4. The lowest BCUT2D eigenvalue weighted by Gasteiger charge is -2.33. The van der Waals surface area contributed by atoms with Crippen molar-refractivity contribution in [2.75, 3.05) is 62.6 Å². The molecule has 8 aliphatic heterocycles. The van der Waals surface area contributed by atoms with Crippen LogP contribution >= 0.6 is 39.2 Å². The molecule has 8 saturated heterocycles. The summed E-state index contributed by atoms with van der Waals surface area (Å²) in [5.41, 5.74) is 20.6. The molecule has 4 unspecified atom stereocenters. The van der Waals surface area contributed by atoms with Crippen molar-refractivity contribution in [3.63, 3.8) is 0 Å². The molecule has 0 radical (unpaired) electrons. The molecule has 50 heteroatoms. The van der Waals surface area contributed by atoms with Gasteiger partial charge in [0, 0.05) is 12.4 Å². The quantitative estimate of drug-likeness (QED) is 0.0775. The Bertz CT molecular complexity index is 4360. The van der Waals surface area contributed by atoms with Gasteiger partial charge in [0.05, 0.1) is 63.7 Å². The molecule has 0 saturated carbocycles. The largest absolute Gasteiger partial charge is 0.397 e. The van der Waals surface area contributed by atoms with Crippen LogP contribution in [0.4, 0.5) is 32.1 Å². The number of rotatable bonds is 4. The van der Waals surface area contributed by atoms with E-state index in [0.29, 0.717) is 33.7 Å². The van der Waals surface area contributed by atoms with Crippen molar-refractivity contribution in [2.24, 2.45) is 0 Å². The fourth-order valence-corrected chi connectivity index (χ4v) is 17.6. The standard InChI is InChI=1S/2C21H23FN10O10P2S2/c2*22-9-8-3-37-43(34,45)42-14-13-18(31-6-26-10-7(23)1-2-25-15(10)31)40-21(14,4-36-13)5-38-44(35,46)41-12(9)19(39-8)32-16-11(29-30-32)17(33)28-20(24)27-16/h2*1-2,6,8-9,12-14,18-19H,3-5H2,(H2,23,25)(H,34,45)(H,35,46)(H3,24,27,28,33)/t2*8-,9+,12-,13-,14+,18-,19-,21-,43?,44?/m11/s1. The van der Waals surface area contributed by atoms with Gasteiger partial charge in [-0.05, 0) is 47.6 Å². The molecule has 0 spiro atoms. The number of aromatic amines is 2. The molecule has 8 aliphatic rings. The van der Waals surface area contributed by atoms with Crippen LogP contribution in [0.25, 0.3) is 44.7 Å². The Morgan fingerprint density at radius 2 is 1.01 bits per heavy atom. The van der Waals surface area contributed by atoms with Crippen LogP contribution in [0.1, 0.15) is 24.9 Å². The minimum absolute atomic E-state index is 0.137. The number of ether oxygens (including phenoxy) is 6. The number of alkyl halides is 2. The Kier molecular flexibility index (Phi) is 15.5. The number of hydrogen-bond acceptors (Lipinski definition) is 34. The SMILES string of the molecule is Nc1nc2c(nnn2[C@@H]2O[C@@H]3COP(O)(=S)O[C@H]4[C@H]5OC[C@]4(COP(=O)(S)O[C@@H]2[C@H]3F)O[C@H]5n2cnc3c(N)ccnc32)c(=O)[nH]1.Nc1nc2c(nnn2[C@@H]2O[C@@H]3COP(O)(=S)O[C@H]4[C@H]5OC[C@]4(COP(O)(=S)O[C@@H]2[C@H]3F)O[C@H]5n2cnc3c(N)ccnc32)c(=O)[nH]1. The summed E-state index contributed by atoms with van der Waals surface area (Å²) in [6.07, 6.45) is -13.6. The second-order valence-corrected chi connectivity index (χ2v) is 32.9. The molecule has 8 aromatic heterocycles. The van der Waals surface area contributed by atoms with E-state index < -0.39 is 162 Å². The number of anilines is 4. The fourth-order valence-electron chi connectivity index (χ4n) is 11.8. The van der Waals surface area contributed by atoms with E-state index in [1.165, 1.54) is 25.0 Å². The van der Waals surface area contributed by atoms with Crippen LogP contribution in [-0.4, -0.2) is 206 Å². The fraction of sp³-hybridized carbons (Fsp3) is 0.524. The van der Waals surface area contributed by atoms with Crippen molar-refractivity contribution in [1.29, 1.82) is 0 Å². The van der Waals surface area contributed by atoms with Crippen LogP contribution in [0.3, 0.4) is 0 Å². The number of thiol groups is 1.